The highest BCUT2D eigenvalue weighted by molar-refractivity contribution is 5.93. The predicted octanol–water partition coefficient (Wildman–Crippen LogP) is 7.24. The minimum absolute atomic E-state index is 0. The second kappa shape index (κ2) is 10.7. The summed E-state index contributed by atoms with van der Waals surface area (Å²) >= 11 is 0. The van der Waals surface area contributed by atoms with Crippen molar-refractivity contribution < 1.29 is 9.90 Å². The molecule has 0 radical (unpaired) electrons. The van der Waals surface area contributed by atoms with E-state index in [-0.39, 0.29) is 18.4 Å². The summed E-state index contributed by atoms with van der Waals surface area (Å²) in [7, 11) is 0. The van der Waals surface area contributed by atoms with Gasteiger partial charge in [0.2, 0.25) is 0 Å². The fourth-order valence-corrected chi connectivity index (χ4v) is 5.58. The lowest BCUT2D eigenvalue weighted by Crippen LogP contribution is -2.38. The molecule has 1 aliphatic rings. The average Bonchev–Trinajstić information content (AvgIpc) is 2.86. The van der Waals surface area contributed by atoms with Crippen LogP contribution in [-0.4, -0.2) is 24.2 Å². The number of para-hydroxylation sites is 1. The Balaban J connectivity index is 0.00000304. The van der Waals surface area contributed by atoms with E-state index in [1.54, 1.807) is 0 Å². The SMILES string of the molecule is Cc1ccc(N2CC(CN[C@H](C)c3cccc4ccccc34)Cc3ccccc32)c(C)c1C(=O)O.Cl. The minimum Gasteiger partial charge on any atom is -0.478 e. The molecule has 1 unspecified atom stereocenters. The van der Waals surface area contributed by atoms with E-state index < -0.39 is 5.97 Å². The zero-order valence-corrected chi connectivity index (χ0v) is 21.8. The molecule has 1 heterocycles. The van der Waals surface area contributed by atoms with E-state index in [2.05, 4.69) is 89.9 Å². The molecule has 0 amide bonds. The summed E-state index contributed by atoms with van der Waals surface area (Å²) in [6, 6.07) is 27.8. The van der Waals surface area contributed by atoms with Crippen molar-refractivity contribution in [3.8, 4) is 0 Å². The predicted molar refractivity (Wildman–Crippen MR) is 151 cm³/mol. The van der Waals surface area contributed by atoms with E-state index in [1.165, 1.54) is 27.6 Å². The molecule has 5 heteroatoms. The third kappa shape index (κ3) is 4.84. The number of hydrogen-bond donors (Lipinski definition) is 2. The second-order valence-corrected chi connectivity index (χ2v) is 9.71. The highest BCUT2D eigenvalue weighted by atomic mass is 35.5. The third-order valence-electron chi connectivity index (χ3n) is 7.38. The Morgan fingerprint density at radius 1 is 0.972 bits per heavy atom. The van der Waals surface area contributed by atoms with Crippen LogP contribution in [0.4, 0.5) is 11.4 Å². The van der Waals surface area contributed by atoms with E-state index in [9.17, 15) is 9.90 Å². The van der Waals surface area contributed by atoms with Gasteiger partial charge in [-0.25, -0.2) is 4.79 Å². The lowest BCUT2D eigenvalue weighted by atomic mass is 9.90. The number of nitrogens with zero attached hydrogens (tertiary/aromatic N) is 1. The van der Waals surface area contributed by atoms with Gasteiger partial charge in [0.05, 0.1) is 5.56 Å². The van der Waals surface area contributed by atoms with Gasteiger partial charge in [0.25, 0.3) is 0 Å². The molecular formula is C31H33ClN2O2. The van der Waals surface area contributed by atoms with Gasteiger partial charge in [-0.05, 0) is 78.3 Å². The zero-order chi connectivity index (χ0) is 24.5. The van der Waals surface area contributed by atoms with Crippen molar-refractivity contribution in [2.75, 3.05) is 18.0 Å². The molecule has 0 spiro atoms. The van der Waals surface area contributed by atoms with Gasteiger partial charge in [0.15, 0.2) is 0 Å². The third-order valence-corrected chi connectivity index (χ3v) is 7.38. The maximum absolute atomic E-state index is 12.0. The monoisotopic (exact) mass is 500 g/mol. The minimum atomic E-state index is -0.866. The maximum Gasteiger partial charge on any atom is 0.336 e. The molecule has 4 nitrogen and oxygen atoms in total. The summed E-state index contributed by atoms with van der Waals surface area (Å²) in [4.78, 5) is 14.3. The first-order chi connectivity index (χ1) is 16.9. The summed E-state index contributed by atoms with van der Waals surface area (Å²) in [6.45, 7) is 7.76. The van der Waals surface area contributed by atoms with Crippen molar-refractivity contribution >= 4 is 40.5 Å². The van der Waals surface area contributed by atoms with Crippen LogP contribution < -0.4 is 10.2 Å². The molecule has 0 saturated carbocycles. The fraction of sp³-hybridized carbons (Fsp3) is 0.258. The Kier molecular flexibility index (Phi) is 7.67. The summed E-state index contributed by atoms with van der Waals surface area (Å²) in [5.74, 6) is -0.467. The van der Waals surface area contributed by atoms with Crippen LogP contribution in [0.25, 0.3) is 10.8 Å². The lowest BCUT2D eigenvalue weighted by Gasteiger charge is -2.38. The molecule has 186 valence electrons. The summed E-state index contributed by atoms with van der Waals surface area (Å²) < 4.78 is 0. The molecular weight excluding hydrogens is 468 g/mol. The van der Waals surface area contributed by atoms with Crippen LogP contribution >= 0.6 is 12.4 Å². The number of halogens is 1. The Hall–Kier alpha value is -3.34. The number of aromatic carboxylic acids is 1. The van der Waals surface area contributed by atoms with Crippen molar-refractivity contribution in [3.05, 3.63) is 107 Å². The molecule has 0 bridgehead atoms. The van der Waals surface area contributed by atoms with Crippen molar-refractivity contribution in [2.45, 2.75) is 33.2 Å². The Bertz CT molecular complexity index is 1400. The van der Waals surface area contributed by atoms with Crippen molar-refractivity contribution in [1.82, 2.24) is 5.32 Å². The number of aryl methyl sites for hydroxylation is 1. The Labute approximate surface area is 219 Å². The topological polar surface area (TPSA) is 52.6 Å². The summed E-state index contributed by atoms with van der Waals surface area (Å²) in [6.07, 6.45) is 0.999. The van der Waals surface area contributed by atoms with Crippen LogP contribution in [0.3, 0.4) is 0 Å². The highest BCUT2D eigenvalue weighted by Gasteiger charge is 2.28. The van der Waals surface area contributed by atoms with Gasteiger partial charge < -0.3 is 15.3 Å². The van der Waals surface area contributed by atoms with E-state index >= 15 is 0 Å². The maximum atomic E-state index is 12.0. The van der Waals surface area contributed by atoms with Gasteiger partial charge in [-0.2, -0.15) is 0 Å². The number of anilines is 2. The summed E-state index contributed by atoms with van der Waals surface area (Å²) in [5.41, 5.74) is 6.80. The van der Waals surface area contributed by atoms with E-state index in [0.29, 0.717) is 11.5 Å². The Morgan fingerprint density at radius 2 is 1.69 bits per heavy atom. The smallest absolute Gasteiger partial charge is 0.336 e. The van der Waals surface area contributed by atoms with Crippen LogP contribution in [-0.2, 0) is 6.42 Å². The molecule has 1 aliphatic heterocycles. The molecule has 2 atom stereocenters. The molecule has 0 aromatic heterocycles. The van der Waals surface area contributed by atoms with Gasteiger partial charge in [-0.15, -0.1) is 12.4 Å². The first-order valence-electron chi connectivity index (χ1n) is 12.3. The lowest BCUT2D eigenvalue weighted by molar-refractivity contribution is 0.0695. The van der Waals surface area contributed by atoms with Crippen LogP contribution in [0, 0.1) is 19.8 Å². The van der Waals surface area contributed by atoms with Crippen molar-refractivity contribution in [1.29, 1.82) is 0 Å². The number of fused-ring (bicyclic) bond motifs is 2. The fourth-order valence-electron chi connectivity index (χ4n) is 5.58. The van der Waals surface area contributed by atoms with Gasteiger partial charge in [-0.1, -0.05) is 66.7 Å². The molecule has 36 heavy (non-hydrogen) atoms. The quantitative estimate of drug-likeness (QED) is 0.293. The summed E-state index contributed by atoms with van der Waals surface area (Å²) in [5, 5.41) is 16.2. The normalized spacial score (nSPS) is 15.8. The zero-order valence-electron chi connectivity index (χ0n) is 21.0. The second-order valence-electron chi connectivity index (χ2n) is 9.71. The number of carboxylic acid groups (broad SMARTS) is 1. The van der Waals surface area contributed by atoms with Crippen LogP contribution in [0.15, 0.2) is 78.9 Å². The number of hydrogen-bond acceptors (Lipinski definition) is 3. The first-order valence-corrected chi connectivity index (χ1v) is 12.3. The van der Waals surface area contributed by atoms with Crippen LogP contribution in [0.5, 0.6) is 0 Å². The molecule has 0 aliphatic carbocycles. The molecule has 4 aromatic carbocycles. The molecule has 4 aromatic rings. The molecule has 0 fully saturated rings. The number of nitrogens with one attached hydrogen (secondary N) is 1. The number of benzene rings is 4. The van der Waals surface area contributed by atoms with Gasteiger partial charge >= 0.3 is 5.97 Å². The van der Waals surface area contributed by atoms with Gasteiger partial charge in [-0.3, -0.25) is 0 Å². The van der Waals surface area contributed by atoms with Crippen molar-refractivity contribution in [3.63, 3.8) is 0 Å². The molecule has 5 rings (SSSR count). The standard InChI is InChI=1S/C31H32N2O2.ClH/c1-20-15-16-28(21(2)30(20)31(34)35)33-19-23(17-25-10-5-7-14-29(25)33)18-32-22(3)26-13-8-11-24-9-4-6-12-27(24)26;/h4-16,22-23,32H,17-19H2,1-3H3,(H,34,35);1H/t22-,23?;/m1./s1. The van der Waals surface area contributed by atoms with E-state index in [1.807, 2.05) is 19.9 Å². The highest BCUT2D eigenvalue weighted by Crippen LogP contribution is 2.38. The van der Waals surface area contributed by atoms with Gasteiger partial charge in [0.1, 0.15) is 0 Å². The van der Waals surface area contributed by atoms with Gasteiger partial charge in [0, 0.05) is 30.5 Å². The molecule has 0 saturated heterocycles. The number of carboxylic acids is 1. The van der Waals surface area contributed by atoms with Crippen LogP contribution in [0.2, 0.25) is 0 Å². The molecule has 2 N–H and O–H groups in total. The van der Waals surface area contributed by atoms with Crippen molar-refractivity contribution in [2.24, 2.45) is 5.92 Å². The largest absolute Gasteiger partial charge is 0.478 e. The number of rotatable bonds is 6. The van der Waals surface area contributed by atoms with E-state index in [0.717, 1.165) is 36.3 Å². The number of carbonyl (C=O) groups is 1. The van der Waals surface area contributed by atoms with E-state index in [4.69, 9.17) is 0 Å². The first kappa shape index (κ1) is 25.7. The Morgan fingerprint density at radius 3 is 2.50 bits per heavy atom. The average molecular weight is 501 g/mol. The van der Waals surface area contributed by atoms with Crippen LogP contribution in [0.1, 0.15) is 45.6 Å².